The number of aldehydes is 1. The quantitative estimate of drug-likeness (QED) is 0.605. The summed E-state index contributed by atoms with van der Waals surface area (Å²) in [6.07, 6.45) is 0.932. The van der Waals surface area contributed by atoms with Crippen LogP contribution in [0.5, 0.6) is 0 Å². The minimum absolute atomic E-state index is 0.756. The number of carbonyl (C=O) groups is 1. The van der Waals surface area contributed by atoms with Crippen LogP contribution in [0.3, 0.4) is 0 Å². The highest BCUT2D eigenvalue weighted by atomic mass is 32.1. The summed E-state index contributed by atoms with van der Waals surface area (Å²) in [7, 11) is 0. The van der Waals surface area contributed by atoms with Crippen LogP contribution >= 0.6 is 11.3 Å². The first-order valence-electron chi connectivity index (χ1n) is 5.41. The normalized spacial score (nSPS) is 10.6. The summed E-state index contributed by atoms with van der Waals surface area (Å²) in [6, 6.07) is 16.1. The maximum absolute atomic E-state index is 11.2. The second-order valence-electron chi connectivity index (χ2n) is 3.85. The topological polar surface area (TPSA) is 17.1 Å². The van der Waals surface area contributed by atoms with Crippen molar-refractivity contribution in [2.75, 3.05) is 0 Å². The van der Waals surface area contributed by atoms with Gasteiger partial charge in [0.2, 0.25) is 0 Å². The molecule has 0 unspecified atom stereocenters. The highest BCUT2D eigenvalue weighted by molar-refractivity contribution is 7.13. The Morgan fingerprint density at radius 1 is 0.941 bits per heavy atom. The number of carbonyl (C=O) groups excluding carboxylic acids is 1. The Labute approximate surface area is 103 Å². The molecule has 0 amide bonds. The van der Waals surface area contributed by atoms with E-state index in [1.807, 2.05) is 35.7 Å². The largest absolute Gasteiger partial charge is 0.298 e. The van der Waals surface area contributed by atoms with Crippen LogP contribution in [0.15, 0.2) is 53.9 Å². The van der Waals surface area contributed by atoms with Gasteiger partial charge < -0.3 is 0 Å². The molecule has 0 bridgehead atoms. The van der Waals surface area contributed by atoms with Gasteiger partial charge in [-0.3, -0.25) is 4.79 Å². The van der Waals surface area contributed by atoms with Gasteiger partial charge in [0, 0.05) is 16.0 Å². The summed E-state index contributed by atoms with van der Waals surface area (Å²) in [6.45, 7) is 0. The highest BCUT2D eigenvalue weighted by Gasteiger charge is 2.09. The van der Waals surface area contributed by atoms with Crippen molar-refractivity contribution in [2.45, 2.75) is 0 Å². The summed E-state index contributed by atoms with van der Waals surface area (Å²) in [4.78, 5) is 12.3. The Hall–Kier alpha value is -1.93. The third-order valence-electron chi connectivity index (χ3n) is 2.86. The lowest BCUT2D eigenvalue weighted by atomic mass is 9.98. The number of rotatable bonds is 2. The summed E-state index contributed by atoms with van der Waals surface area (Å²) in [5.74, 6) is 0. The Morgan fingerprint density at radius 2 is 1.82 bits per heavy atom. The molecule has 0 aliphatic heterocycles. The number of hydrogen-bond acceptors (Lipinski definition) is 2. The molecule has 0 fully saturated rings. The highest BCUT2D eigenvalue weighted by Crippen LogP contribution is 2.34. The third kappa shape index (κ3) is 1.67. The first-order chi connectivity index (χ1) is 8.40. The predicted octanol–water partition coefficient (Wildman–Crippen LogP) is 4.38. The molecule has 82 valence electrons. The van der Waals surface area contributed by atoms with Crippen molar-refractivity contribution >= 4 is 28.4 Å². The van der Waals surface area contributed by atoms with E-state index in [2.05, 4.69) is 18.2 Å². The Bertz CT molecular complexity index is 668. The van der Waals surface area contributed by atoms with Crippen molar-refractivity contribution in [3.05, 3.63) is 59.5 Å². The van der Waals surface area contributed by atoms with Crippen LogP contribution < -0.4 is 0 Å². The fourth-order valence-electron chi connectivity index (χ4n) is 2.08. The Balaban J connectivity index is 2.43. The summed E-state index contributed by atoms with van der Waals surface area (Å²) in [5, 5.41) is 4.34. The molecule has 2 heteroatoms. The van der Waals surface area contributed by atoms with E-state index in [1.165, 1.54) is 5.39 Å². The van der Waals surface area contributed by atoms with Crippen LogP contribution in [-0.2, 0) is 0 Å². The van der Waals surface area contributed by atoms with Gasteiger partial charge in [0.25, 0.3) is 0 Å². The fourth-order valence-corrected chi connectivity index (χ4v) is 2.89. The molecule has 0 N–H and O–H groups in total. The number of benzene rings is 2. The molecule has 1 nitrogen and oxygen atoms in total. The van der Waals surface area contributed by atoms with E-state index in [-0.39, 0.29) is 0 Å². The lowest BCUT2D eigenvalue weighted by molar-refractivity contribution is 0.112. The van der Waals surface area contributed by atoms with Crippen molar-refractivity contribution in [3.63, 3.8) is 0 Å². The van der Waals surface area contributed by atoms with Crippen LogP contribution in [0.1, 0.15) is 10.4 Å². The van der Waals surface area contributed by atoms with Gasteiger partial charge in [-0.25, -0.2) is 0 Å². The molecule has 17 heavy (non-hydrogen) atoms. The van der Waals surface area contributed by atoms with Crippen molar-refractivity contribution in [1.29, 1.82) is 0 Å². The molecule has 2 aromatic carbocycles. The first-order valence-corrected chi connectivity index (χ1v) is 6.29. The molecule has 0 atom stereocenters. The fraction of sp³-hybridized carbons (Fsp3) is 0. The van der Waals surface area contributed by atoms with E-state index >= 15 is 0 Å². The molecule has 1 aromatic heterocycles. The second-order valence-corrected chi connectivity index (χ2v) is 4.79. The number of fused-ring (bicyclic) bond motifs is 1. The van der Waals surface area contributed by atoms with Crippen molar-refractivity contribution in [1.82, 2.24) is 0 Å². The van der Waals surface area contributed by atoms with E-state index in [0.29, 0.717) is 0 Å². The number of hydrogen-bond donors (Lipinski definition) is 0. The standard InChI is InChI=1S/C15H10OS/c16-10-12-8-7-11-4-1-2-5-13(11)15(12)14-6-3-9-17-14/h1-10H. The minimum atomic E-state index is 0.756. The molecule has 3 rings (SSSR count). The van der Waals surface area contributed by atoms with E-state index < -0.39 is 0 Å². The smallest absolute Gasteiger partial charge is 0.150 e. The zero-order valence-corrected chi connectivity index (χ0v) is 9.91. The summed E-state index contributed by atoms with van der Waals surface area (Å²) >= 11 is 1.66. The molecular formula is C15H10OS. The Kier molecular flexibility index (Phi) is 2.50. The van der Waals surface area contributed by atoms with Gasteiger partial charge >= 0.3 is 0 Å². The first kappa shape index (κ1) is 10.2. The zero-order chi connectivity index (χ0) is 11.7. The van der Waals surface area contributed by atoms with Gasteiger partial charge in [-0.2, -0.15) is 0 Å². The van der Waals surface area contributed by atoms with E-state index in [1.54, 1.807) is 11.3 Å². The lowest BCUT2D eigenvalue weighted by Gasteiger charge is -2.07. The van der Waals surface area contributed by atoms with Gasteiger partial charge in [-0.15, -0.1) is 11.3 Å². The average molecular weight is 238 g/mol. The molecule has 0 spiro atoms. The van der Waals surface area contributed by atoms with Crippen LogP contribution in [-0.4, -0.2) is 6.29 Å². The van der Waals surface area contributed by atoms with E-state index in [0.717, 1.165) is 27.7 Å². The summed E-state index contributed by atoms with van der Waals surface area (Å²) in [5.41, 5.74) is 1.80. The van der Waals surface area contributed by atoms with Crippen LogP contribution in [0, 0.1) is 0 Å². The minimum Gasteiger partial charge on any atom is -0.298 e. The summed E-state index contributed by atoms with van der Waals surface area (Å²) < 4.78 is 0. The van der Waals surface area contributed by atoms with Gasteiger partial charge in [-0.1, -0.05) is 42.5 Å². The maximum atomic E-state index is 11.2. The molecule has 0 saturated heterocycles. The second kappa shape index (κ2) is 4.15. The zero-order valence-electron chi connectivity index (χ0n) is 9.09. The van der Waals surface area contributed by atoms with Crippen molar-refractivity contribution in [2.24, 2.45) is 0 Å². The lowest BCUT2D eigenvalue weighted by Crippen LogP contribution is -1.87. The molecule has 0 radical (unpaired) electrons. The van der Waals surface area contributed by atoms with Crippen molar-refractivity contribution < 1.29 is 4.79 Å². The van der Waals surface area contributed by atoms with Crippen LogP contribution in [0.2, 0.25) is 0 Å². The monoisotopic (exact) mass is 238 g/mol. The molecular weight excluding hydrogens is 228 g/mol. The number of thiophene rings is 1. The predicted molar refractivity (Wildman–Crippen MR) is 72.6 cm³/mol. The van der Waals surface area contributed by atoms with Crippen LogP contribution in [0.4, 0.5) is 0 Å². The van der Waals surface area contributed by atoms with E-state index in [9.17, 15) is 4.79 Å². The maximum Gasteiger partial charge on any atom is 0.150 e. The molecule has 3 aromatic rings. The Morgan fingerprint density at radius 3 is 2.59 bits per heavy atom. The molecule has 0 aliphatic carbocycles. The van der Waals surface area contributed by atoms with Crippen LogP contribution in [0.25, 0.3) is 21.2 Å². The van der Waals surface area contributed by atoms with Gasteiger partial charge in [-0.05, 0) is 22.2 Å². The molecule has 0 aliphatic rings. The van der Waals surface area contributed by atoms with Gasteiger partial charge in [0.15, 0.2) is 6.29 Å². The molecule has 0 saturated carbocycles. The van der Waals surface area contributed by atoms with Crippen molar-refractivity contribution in [3.8, 4) is 10.4 Å². The van der Waals surface area contributed by atoms with E-state index in [4.69, 9.17) is 0 Å². The third-order valence-corrected chi connectivity index (χ3v) is 3.74. The SMILES string of the molecule is O=Cc1ccc2ccccc2c1-c1cccs1. The van der Waals surface area contributed by atoms with Gasteiger partial charge in [0.1, 0.15) is 0 Å². The van der Waals surface area contributed by atoms with Gasteiger partial charge in [0.05, 0.1) is 0 Å². The molecule has 1 heterocycles. The average Bonchev–Trinajstić information content (AvgIpc) is 2.91.